The Morgan fingerprint density at radius 2 is 1.62 bits per heavy atom. The van der Waals surface area contributed by atoms with E-state index in [1.807, 2.05) is 42.5 Å². The summed E-state index contributed by atoms with van der Waals surface area (Å²) in [5.74, 6) is 0.939. The molecular formula is C14H10O2. The van der Waals surface area contributed by atoms with Crippen molar-refractivity contribution in [3.8, 4) is 28.2 Å². The molecule has 2 nitrogen and oxygen atoms in total. The quantitative estimate of drug-likeness (QED) is 0.663. The van der Waals surface area contributed by atoms with Crippen LogP contribution in [-0.4, -0.2) is 5.11 Å². The van der Waals surface area contributed by atoms with Gasteiger partial charge in [0.2, 0.25) is 0 Å². The summed E-state index contributed by atoms with van der Waals surface area (Å²) in [6, 6.07) is 15.8. The van der Waals surface area contributed by atoms with Gasteiger partial charge in [0.05, 0.1) is 0 Å². The molecule has 1 aliphatic carbocycles. The maximum atomic E-state index is 9.32. The summed E-state index contributed by atoms with van der Waals surface area (Å²) in [6.07, 6.45) is 1.34. The summed E-state index contributed by atoms with van der Waals surface area (Å²) in [5, 5.41) is 9.32. The van der Waals surface area contributed by atoms with Gasteiger partial charge in [-0.1, -0.05) is 30.3 Å². The van der Waals surface area contributed by atoms with Crippen molar-refractivity contribution in [3.05, 3.63) is 54.8 Å². The zero-order valence-electron chi connectivity index (χ0n) is 8.55. The zero-order valence-corrected chi connectivity index (χ0v) is 8.55. The Balaban J connectivity index is 2.17. The first kappa shape index (κ1) is 9.04. The lowest BCUT2D eigenvalue weighted by Crippen LogP contribution is -1.70. The minimum atomic E-state index is 0.151. The van der Waals surface area contributed by atoms with E-state index in [0.29, 0.717) is 0 Å². The highest BCUT2D eigenvalue weighted by Crippen LogP contribution is 2.34. The number of benzene rings is 1. The van der Waals surface area contributed by atoms with E-state index in [0.717, 1.165) is 22.5 Å². The third-order valence-electron chi connectivity index (χ3n) is 2.60. The number of hydrogen-bond acceptors (Lipinski definition) is 2. The Bertz CT molecular complexity index is 581. The van der Waals surface area contributed by atoms with Gasteiger partial charge in [0.15, 0.2) is 5.75 Å². The van der Waals surface area contributed by atoms with Crippen molar-refractivity contribution in [2.24, 2.45) is 0 Å². The molecule has 1 aromatic carbocycles. The molecule has 0 unspecified atom stereocenters. The SMILES string of the molecule is Oc1coc2cc(-c3ccccc3)cc-2c1. The van der Waals surface area contributed by atoms with Gasteiger partial charge in [-0.15, -0.1) is 0 Å². The number of fused-ring (bicyclic) bond motifs is 1. The molecule has 0 amide bonds. The van der Waals surface area contributed by atoms with Crippen molar-refractivity contribution >= 4 is 0 Å². The Morgan fingerprint density at radius 1 is 0.812 bits per heavy atom. The highest BCUT2D eigenvalue weighted by molar-refractivity contribution is 5.77. The molecule has 0 atom stereocenters. The average molecular weight is 210 g/mol. The molecule has 0 saturated carbocycles. The van der Waals surface area contributed by atoms with Crippen molar-refractivity contribution < 1.29 is 9.52 Å². The summed E-state index contributed by atoms with van der Waals surface area (Å²) in [5.41, 5.74) is 3.16. The lowest BCUT2D eigenvalue weighted by atomic mass is 10.1. The van der Waals surface area contributed by atoms with Crippen LogP contribution in [0.2, 0.25) is 0 Å². The molecule has 0 radical (unpaired) electrons. The normalized spacial score (nSPS) is 10.8. The number of aromatic hydroxyl groups is 1. The van der Waals surface area contributed by atoms with E-state index in [4.69, 9.17) is 4.42 Å². The van der Waals surface area contributed by atoms with E-state index in [1.165, 1.54) is 6.26 Å². The lowest BCUT2D eigenvalue weighted by Gasteiger charge is -1.96. The second-order valence-electron chi connectivity index (χ2n) is 3.73. The van der Waals surface area contributed by atoms with Gasteiger partial charge >= 0.3 is 0 Å². The van der Waals surface area contributed by atoms with Gasteiger partial charge in [0.1, 0.15) is 12.0 Å². The first-order valence-electron chi connectivity index (χ1n) is 5.09. The fraction of sp³-hybridized carbons (Fsp3) is 0. The Labute approximate surface area is 93.1 Å². The molecule has 1 N–H and O–H groups in total. The van der Waals surface area contributed by atoms with Crippen LogP contribution in [0, 0.1) is 0 Å². The molecule has 0 bridgehead atoms. The predicted molar refractivity (Wildman–Crippen MR) is 62.4 cm³/mol. The van der Waals surface area contributed by atoms with E-state index < -0.39 is 0 Å². The summed E-state index contributed by atoms with van der Waals surface area (Å²) >= 11 is 0. The second-order valence-corrected chi connectivity index (χ2v) is 3.73. The molecule has 3 rings (SSSR count). The molecule has 0 spiro atoms. The summed E-state index contributed by atoms with van der Waals surface area (Å²) < 4.78 is 5.29. The van der Waals surface area contributed by atoms with Crippen molar-refractivity contribution in [2.75, 3.05) is 0 Å². The van der Waals surface area contributed by atoms with Crippen LogP contribution in [0.3, 0.4) is 0 Å². The molecule has 0 saturated heterocycles. The van der Waals surface area contributed by atoms with Crippen molar-refractivity contribution in [1.29, 1.82) is 0 Å². The van der Waals surface area contributed by atoms with Crippen LogP contribution in [-0.2, 0) is 0 Å². The molecule has 1 aliphatic heterocycles. The van der Waals surface area contributed by atoms with Gasteiger partial charge in [-0.05, 0) is 29.3 Å². The molecule has 1 heterocycles. The smallest absolute Gasteiger partial charge is 0.151 e. The van der Waals surface area contributed by atoms with Crippen LogP contribution in [0.15, 0.2) is 59.2 Å². The van der Waals surface area contributed by atoms with E-state index in [9.17, 15) is 5.11 Å². The maximum absolute atomic E-state index is 9.32. The summed E-state index contributed by atoms with van der Waals surface area (Å²) in [6.45, 7) is 0. The monoisotopic (exact) mass is 210 g/mol. The fourth-order valence-corrected chi connectivity index (χ4v) is 1.83. The lowest BCUT2D eigenvalue weighted by molar-refractivity contribution is 0.439. The van der Waals surface area contributed by atoms with Gasteiger partial charge < -0.3 is 9.52 Å². The van der Waals surface area contributed by atoms with Gasteiger partial charge in [0, 0.05) is 5.56 Å². The van der Waals surface area contributed by atoms with Crippen molar-refractivity contribution in [1.82, 2.24) is 0 Å². The van der Waals surface area contributed by atoms with Crippen LogP contribution in [0.4, 0.5) is 0 Å². The fourth-order valence-electron chi connectivity index (χ4n) is 1.83. The van der Waals surface area contributed by atoms with Crippen LogP contribution in [0.25, 0.3) is 22.5 Å². The molecule has 2 heteroatoms. The van der Waals surface area contributed by atoms with E-state index in [2.05, 4.69) is 0 Å². The minimum absolute atomic E-state index is 0.151. The summed E-state index contributed by atoms with van der Waals surface area (Å²) in [4.78, 5) is 0. The van der Waals surface area contributed by atoms with E-state index >= 15 is 0 Å². The van der Waals surface area contributed by atoms with Gasteiger partial charge in [-0.25, -0.2) is 0 Å². The maximum Gasteiger partial charge on any atom is 0.151 e. The molecular weight excluding hydrogens is 200 g/mol. The highest BCUT2D eigenvalue weighted by atomic mass is 16.3. The van der Waals surface area contributed by atoms with Crippen molar-refractivity contribution in [2.45, 2.75) is 0 Å². The minimum Gasteiger partial charge on any atom is -0.505 e. The Morgan fingerprint density at radius 3 is 2.44 bits per heavy atom. The van der Waals surface area contributed by atoms with Crippen LogP contribution >= 0.6 is 0 Å². The highest BCUT2D eigenvalue weighted by Gasteiger charge is 2.10. The third kappa shape index (κ3) is 1.44. The van der Waals surface area contributed by atoms with Gasteiger partial charge in [-0.2, -0.15) is 0 Å². The molecule has 0 fully saturated rings. The molecule has 2 aliphatic rings. The third-order valence-corrected chi connectivity index (χ3v) is 2.60. The predicted octanol–water partition coefficient (Wildman–Crippen LogP) is 3.76. The Kier molecular flexibility index (Phi) is 1.93. The standard InChI is InChI=1S/C14H10O2/c15-13-7-12-6-11(8-14(12)16-9-13)10-4-2-1-3-5-10/h1-9,15H. The Hall–Kier alpha value is -2.22. The van der Waals surface area contributed by atoms with Crippen LogP contribution in [0.5, 0.6) is 5.75 Å². The largest absolute Gasteiger partial charge is 0.505 e. The molecule has 1 aromatic rings. The van der Waals surface area contributed by atoms with E-state index in [1.54, 1.807) is 6.07 Å². The van der Waals surface area contributed by atoms with Gasteiger partial charge in [-0.3, -0.25) is 0 Å². The van der Waals surface area contributed by atoms with Crippen molar-refractivity contribution in [3.63, 3.8) is 0 Å². The topological polar surface area (TPSA) is 33.4 Å². The summed E-state index contributed by atoms with van der Waals surface area (Å²) in [7, 11) is 0. The molecule has 16 heavy (non-hydrogen) atoms. The molecule has 78 valence electrons. The molecule has 0 aromatic heterocycles. The first-order valence-corrected chi connectivity index (χ1v) is 5.09. The average Bonchev–Trinajstić information content (AvgIpc) is 2.73. The van der Waals surface area contributed by atoms with E-state index in [-0.39, 0.29) is 5.75 Å². The number of rotatable bonds is 1. The van der Waals surface area contributed by atoms with Gasteiger partial charge in [0.25, 0.3) is 0 Å². The zero-order chi connectivity index (χ0) is 11.0. The van der Waals surface area contributed by atoms with Crippen LogP contribution < -0.4 is 0 Å². The first-order chi connectivity index (χ1) is 7.83. The second kappa shape index (κ2) is 3.42. The number of hydrogen-bond donors (Lipinski definition) is 1. The van der Waals surface area contributed by atoms with Crippen LogP contribution in [0.1, 0.15) is 0 Å².